The third kappa shape index (κ3) is 2.04. The Labute approximate surface area is 110 Å². The summed E-state index contributed by atoms with van der Waals surface area (Å²) in [5.74, 6) is 1.25. The maximum atomic E-state index is 9.24. The Morgan fingerprint density at radius 1 is 1.21 bits per heavy atom. The molecule has 0 aliphatic heterocycles. The van der Waals surface area contributed by atoms with Crippen LogP contribution in [0.4, 0.5) is 5.82 Å². The molecular weight excluding hydrogens is 240 g/mol. The van der Waals surface area contributed by atoms with Gasteiger partial charge in [0.15, 0.2) is 0 Å². The molecule has 0 amide bonds. The number of pyridine rings is 1. The molecule has 5 heteroatoms. The predicted molar refractivity (Wildman–Crippen MR) is 74.5 cm³/mol. The van der Waals surface area contributed by atoms with Crippen LogP contribution in [0.1, 0.15) is 0 Å². The highest BCUT2D eigenvalue weighted by Gasteiger charge is 2.12. The van der Waals surface area contributed by atoms with E-state index in [9.17, 15) is 5.11 Å². The smallest absolute Gasteiger partial charge is 0.141 e. The summed E-state index contributed by atoms with van der Waals surface area (Å²) >= 11 is 0. The maximum absolute atomic E-state index is 9.24. The van der Waals surface area contributed by atoms with Gasteiger partial charge in [-0.25, -0.2) is 9.97 Å². The van der Waals surface area contributed by atoms with Crippen LogP contribution in [0.3, 0.4) is 0 Å². The number of para-hydroxylation sites is 2. The van der Waals surface area contributed by atoms with E-state index in [0.29, 0.717) is 12.4 Å². The first-order chi connectivity index (χ1) is 9.29. The summed E-state index contributed by atoms with van der Waals surface area (Å²) in [5, 5.41) is 9.24. The van der Waals surface area contributed by atoms with Crippen molar-refractivity contribution >= 4 is 16.9 Å². The van der Waals surface area contributed by atoms with Crippen LogP contribution in [0.15, 0.2) is 42.6 Å². The van der Waals surface area contributed by atoms with Gasteiger partial charge in [-0.3, -0.25) is 0 Å². The number of rotatable bonds is 3. The zero-order chi connectivity index (χ0) is 13.2. The predicted octanol–water partition coefficient (Wildman–Crippen LogP) is 1.67. The fraction of sp³-hybridized carbons (Fsp3) is 0.143. The number of imidazole rings is 1. The van der Waals surface area contributed by atoms with Crippen LogP contribution in [0, 0.1) is 0 Å². The second kappa shape index (κ2) is 4.70. The summed E-state index contributed by atoms with van der Waals surface area (Å²) in [6, 6.07) is 11.5. The second-order valence-electron chi connectivity index (χ2n) is 4.27. The first kappa shape index (κ1) is 11.7. The van der Waals surface area contributed by atoms with E-state index in [0.717, 1.165) is 22.4 Å². The van der Waals surface area contributed by atoms with Crippen LogP contribution in [0.2, 0.25) is 0 Å². The Morgan fingerprint density at radius 2 is 2.05 bits per heavy atom. The van der Waals surface area contributed by atoms with Gasteiger partial charge in [0.05, 0.1) is 17.6 Å². The van der Waals surface area contributed by atoms with E-state index in [-0.39, 0.29) is 6.61 Å². The number of nitrogens with two attached hydrogens (primary N) is 1. The van der Waals surface area contributed by atoms with Crippen LogP contribution in [0.5, 0.6) is 0 Å². The van der Waals surface area contributed by atoms with Gasteiger partial charge in [-0.05, 0) is 24.3 Å². The normalized spacial score (nSPS) is 11.0. The van der Waals surface area contributed by atoms with Crippen LogP contribution in [-0.2, 0) is 6.54 Å². The van der Waals surface area contributed by atoms with Gasteiger partial charge in [0.25, 0.3) is 0 Å². The highest BCUT2D eigenvalue weighted by atomic mass is 16.3. The van der Waals surface area contributed by atoms with E-state index in [1.807, 2.05) is 34.9 Å². The molecule has 3 rings (SSSR count). The number of nitrogens with zero attached hydrogens (tertiary/aromatic N) is 3. The molecule has 2 heterocycles. The molecule has 0 unspecified atom stereocenters. The molecule has 0 radical (unpaired) electrons. The Bertz CT molecular complexity index is 720. The average molecular weight is 254 g/mol. The number of aliphatic hydroxyl groups excluding tert-OH is 1. The Morgan fingerprint density at radius 3 is 2.84 bits per heavy atom. The zero-order valence-electron chi connectivity index (χ0n) is 10.3. The standard InChI is InChI=1S/C14H14N4O/c15-13-9-10(5-6-16-13)14-17-11-3-1-2-4-12(11)18(14)7-8-19/h1-6,9,19H,7-8H2,(H2,15,16). The molecule has 0 atom stereocenters. The SMILES string of the molecule is Nc1cc(-c2nc3ccccc3n2CCO)ccn1. The fourth-order valence-corrected chi connectivity index (χ4v) is 2.21. The van der Waals surface area contributed by atoms with E-state index in [2.05, 4.69) is 9.97 Å². The first-order valence-corrected chi connectivity index (χ1v) is 6.07. The molecule has 1 aromatic carbocycles. The molecular formula is C14H14N4O. The number of nitrogen functional groups attached to an aromatic ring is 1. The molecule has 96 valence electrons. The fourth-order valence-electron chi connectivity index (χ4n) is 2.21. The highest BCUT2D eigenvalue weighted by Crippen LogP contribution is 2.25. The highest BCUT2D eigenvalue weighted by molar-refractivity contribution is 5.80. The summed E-state index contributed by atoms with van der Waals surface area (Å²) in [6.45, 7) is 0.562. The summed E-state index contributed by atoms with van der Waals surface area (Å²) in [4.78, 5) is 8.60. The Balaban J connectivity index is 2.25. The summed E-state index contributed by atoms with van der Waals surface area (Å²) in [6.07, 6.45) is 1.66. The van der Waals surface area contributed by atoms with Crippen molar-refractivity contribution in [3.8, 4) is 11.4 Å². The van der Waals surface area contributed by atoms with Crippen molar-refractivity contribution < 1.29 is 5.11 Å². The van der Waals surface area contributed by atoms with Gasteiger partial charge in [-0.1, -0.05) is 12.1 Å². The second-order valence-corrected chi connectivity index (χ2v) is 4.27. The molecule has 2 aromatic heterocycles. The van der Waals surface area contributed by atoms with Crippen molar-refractivity contribution in [3.05, 3.63) is 42.6 Å². The van der Waals surface area contributed by atoms with Gasteiger partial charge in [0.1, 0.15) is 11.6 Å². The van der Waals surface area contributed by atoms with Crippen LogP contribution >= 0.6 is 0 Å². The number of hydrogen-bond acceptors (Lipinski definition) is 4. The molecule has 0 fully saturated rings. The quantitative estimate of drug-likeness (QED) is 0.745. The van der Waals surface area contributed by atoms with Crippen LogP contribution in [-0.4, -0.2) is 26.2 Å². The number of hydrogen-bond donors (Lipinski definition) is 2. The first-order valence-electron chi connectivity index (χ1n) is 6.07. The van der Waals surface area contributed by atoms with Gasteiger partial charge in [0, 0.05) is 18.3 Å². The lowest BCUT2D eigenvalue weighted by Crippen LogP contribution is -2.04. The molecule has 0 aliphatic carbocycles. The topological polar surface area (TPSA) is 77.0 Å². The molecule has 3 aromatic rings. The van der Waals surface area contributed by atoms with E-state index in [1.54, 1.807) is 12.3 Å². The van der Waals surface area contributed by atoms with Crippen molar-refractivity contribution in [2.45, 2.75) is 6.54 Å². The molecule has 3 N–H and O–H groups in total. The van der Waals surface area contributed by atoms with Crippen molar-refractivity contribution in [1.82, 2.24) is 14.5 Å². The molecule has 19 heavy (non-hydrogen) atoms. The summed E-state index contributed by atoms with van der Waals surface area (Å²) in [7, 11) is 0. The number of anilines is 1. The van der Waals surface area contributed by atoms with Crippen molar-refractivity contribution in [3.63, 3.8) is 0 Å². The molecule has 0 spiro atoms. The van der Waals surface area contributed by atoms with Crippen molar-refractivity contribution in [2.75, 3.05) is 12.3 Å². The molecule has 0 saturated carbocycles. The minimum atomic E-state index is 0.0634. The lowest BCUT2D eigenvalue weighted by molar-refractivity contribution is 0.278. The minimum Gasteiger partial charge on any atom is -0.395 e. The van der Waals surface area contributed by atoms with E-state index >= 15 is 0 Å². The lowest BCUT2D eigenvalue weighted by atomic mass is 10.2. The van der Waals surface area contributed by atoms with Crippen LogP contribution in [0.25, 0.3) is 22.4 Å². The molecule has 0 saturated heterocycles. The molecule has 5 nitrogen and oxygen atoms in total. The van der Waals surface area contributed by atoms with Crippen LogP contribution < -0.4 is 5.73 Å². The maximum Gasteiger partial charge on any atom is 0.141 e. The van der Waals surface area contributed by atoms with Gasteiger partial charge in [-0.2, -0.15) is 0 Å². The number of fused-ring (bicyclic) bond motifs is 1. The van der Waals surface area contributed by atoms with Crippen molar-refractivity contribution in [1.29, 1.82) is 0 Å². The summed E-state index contributed by atoms with van der Waals surface area (Å²) in [5.41, 5.74) is 8.52. The Hall–Kier alpha value is -2.40. The lowest BCUT2D eigenvalue weighted by Gasteiger charge is -2.07. The van der Waals surface area contributed by atoms with Crippen molar-refractivity contribution in [2.24, 2.45) is 0 Å². The third-order valence-corrected chi connectivity index (χ3v) is 3.02. The van der Waals surface area contributed by atoms with Gasteiger partial charge in [-0.15, -0.1) is 0 Å². The number of aromatic nitrogens is 3. The van der Waals surface area contributed by atoms with Gasteiger partial charge >= 0.3 is 0 Å². The third-order valence-electron chi connectivity index (χ3n) is 3.02. The summed E-state index contributed by atoms with van der Waals surface area (Å²) < 4.78 is 1.99. The number of benzene rings is 1. The average Bonchev–Trinajstić information content (AvgIpc) is 2.79. The largest absolute Gasteiger partial charge is 0.395 e. The zero-order valence-corrected chi connectivity index (χ0v) is 10.3. The molecule has 0 bridgehead atoms. The monoisotopic (exact) mass is 254 g/mol. The Kier molecular flexibility index (Phi) is 2.89. The van der Waals surface area contributed by atoms with Gasteiger partial charge in [0.2, 0.25) is 0 Å². The van der Waals surface area contributed by atoms with E-state index in [1.165, 1.54) is 0 Å². The number of aliphatic hydroxyl groups is 1. The van der Waals surface area contributed by atoms with E-state index < -0.39 is 0 Å². The minimum absolute atomic E-state index is 0.0634. The van der Waals surface area contributed by atoms with E-state index in [4.69, 9.17) is 5.73 Å². The molecule has 0 aliphatic rings. The van der Waals surface area contributed by atoms with Gasteiger partial charge < -0.3 is 15.4 Å².